The van der Waals surface area contributed by atoms with Crippen molar-refractivity contribution in [2.45, 2.75) is 4.90 Å². The van der Waals surface area contributed by atoms with Crippen LogP contribution in [0.25, 0.3) is 11.3 Å². The molecule has 0 spiro atoms. The van der Waals surface area contributed by atoms with Gasteiger partial charge in [-0.3, -0.25) is 10.1 Å². The zero-order valence-corrected chi connectivity index (χ0v) is 11.4. The minimum Gasteiger partial charge on any atom is -0.464 e. The summed E-state index contributed by atoms with van der Waals surface area (Å²) in [6.45, 7) is 0. The number of aryl methyl sites for hydroxylation is 1. The van der Waals surface area contributed by atoms with Crippen LogP contribution in [0.5, 0.6) is 0 Å². The summed E-state index contributed by atoms with van der Waals surface area (Å²) < 4.78 is 1.58. The summed E-state index contributed by atoms with van der Waals surface area (Å²) in [5.41, 5.74) is 6.43. The number of amides is 1. The number of nitrogens with zero attached hydrogens (tertiary/aromatic N) is 2. The predicted molar refractivity (Wildman–Crippen MR) is 75.2 cm³/mol. The van der Waals surface area contributed by atoms with Crippen LogP contribution in [0.2, 0.25) is 0 Å². The maximum Gasteiger partial charge on any atom is 0.423 e. The molecular formula is C12H14N4O2S. The first kappa shape index (κ1) is 13.3. The molecule has 1 amide bonds. The van der Waals surface area contributed by atoms with E-state index in [1.54, 1.807) is 29.6 Å². The lowest BCUT2D eigenvalue weighted by molar-refractivity contribution is 0.197. The van der Waals surface area contributed by atoms with Crippen molar-refractivity contribution in [2.75, 3.05) is 11.7 Å². The van der Waals surface area contributed by atoms with Crippen molar-refractivity contribution < 1.29 is 9.90 Å². The molecule has 1 heterocycles. The average Bonchev–Trinajstić information content (AvgIpc) is 2.78. The molecule has 1 aromatic carbocycles. The Morgan fingerprint density at radius 3 is 2.63 bits per heavy atom. The van der Waals surface area contributed by atoms with Gasteiger partial charge in [-0.15, -0.1) is 11.8 Å². The van der Waals surface area contributed by atoms with E-state index in [4.69, 9.17) is 5.11 Å². The summed E-state index contributed by atoms with van der Waals surface area (Å²) in [5, 5.41) is 12.9. The summed E-state index contributed by atoms with van der Waals surface area (Å²) in [6.07, 6.45) is 0.877. The van der Waals surface area contributed by atoms with E-state index >= 15 is 0 Å². The van der Waals surface area contributed by atoms with Crippen LogP contribution in [-0.4, -0.2) is 27.2 Å². The number of benzene rings is 1. The van der Waals surface area contributed by atoms with Gasteiger partial charge in [0.15, 0.2) is 0 Å². The first-order chi connectivity index (χ1) is 9.10. The summed E-state index contributed by atoms with van der Waals surface area (Å²) in [5.74, 6) is 0.575. The zero-order chi connectivity index (χ0) is 13.8. The van der Waals surface area contributed by atoms with Gasteiger partial charge in [-0.1, -0.05) is 12.1 Å². The van der Waals surface area contributed by atoms with E-state index in [-0.39, 0.29) is 0 Å². The molecule has 0 bridgehead atoms. The van der Waals surface area contributed by atoms with Gasteiger partial charge in [-0.2, -0.15) is 5.10 Å². The minimum absolute atomic E-state index is 0.575. The van der Waals surface area contributed by atoms with Crippen LogP contribution >= 0.6 is 11.8 Å². The van der Waals surface area contributed by atoms with Gasteiger partial charge in [-0.05, 0) is 18.4 Å². The molecule has 2 rings (SSSR count). The van der Waals surface area contributed by atoms with Crippen LogP contribution in [0.15, 0.2) is 35.2 Å². The molecule has 0 aliphatic heterocycles. The highest BCUT2D eigenvalue weighted by Crippen LogP contribution is 2.23. The quantitative estimate of drug-likeness (QED) is 0.591. The first-order valence-corrected chi connectivity index (χ1v) is 6.76. The van der Waals surface area contributed by atoms with Crippen LogP contribution in [0.1, 0.15) is 0 Å². The summed E-state index contributed by atoms with van der Waals surface area (Å²) in [7, 11) is 1.74. The van der Waals surface area contributed by atoms with Crippen LogP contribution < -0.4 is 10.9 Å². The van der Waals surface area contributed by atoms with Gasteiger partial charge < -0.3 is 5.11 Å². The summed E-state index contributed by atoms with van der Waals surface area (Å²) in [6, 6.07) is 9.81. The van der Waals surface area contributed by atoms with Crippen molar-refractivity contribution in [1.82, 2.24) is 15.2 Å². The third kappa shape index (κ3) is 3.19. The molecule has 100 valence electrons. The molecular weight excluding hydrogens is 264 g/mol. The van der Waals surface area contributed by atoms with Crippen LogP contribution in [0.4, 0.5) is 10.6 Å². The Balaban J connectivity index is 2.20. The number of nitrogens with one attached hydrogen (secondary N) is 2. The van der Waals surface area contributed by atoms with Crippen LogP contribution in [-0.2, 0) is 7.05 Å². The Hall–Kier alpha value is -2.15. The Bertz CT molecular complexity index is 580. The molecule has 2 aromatic rings. The van der Waals surface area contributed by atoms with Gasteiger partial charge in [0.25, 0.3) is 0 Å². The fourth-order valence-electron chi connectivity index (χ4n) is 1.60. The molecule has 0 atom stereocenters. The second kappa shape index (κ2) is 5.66. The largest absolute Gasteiger partial charge is 0.464 e. The van der Waals surface area contributed by atoms with E-state index in [1.165, 1.54) is 4.90 Å². The number of aromatic nitrogens is 2. The van der Waals surface area contributed by atoms with Gasteiger partial charge >= 0.3 is 6.09 Å². The van der Waals surface area contributed by atoms with Crippen LogP contribution in [0, 0.1) is 0 Å². The van der Waals surface area contributed by atoms with E-state index in [0.717, 1.165) is 11.3 Å². The van der Waals surface area contributed by atoms with Crippen molar-refractivity contribution in [3.05, 3.63) is 30.3 Å². The van der Waals surface area contributed by atoms with Gasteiger partial charge in [0.2, 0.25) is 0 Å². The van der Waals surface area contributed by atoms with Gasteiger partial charge in [0.1, 0.15) is 5.82 Å². The van der Waals surface area contributed by atoms with Crippen molar-refractivity contribution in [3.8, 4) is 11.3 Å². The number of carboxylic acid groups (broad SMARTS) is 1. The number of anilines is 1. The topological polar surface area (TPSA) is 79.2 Å². The Morgan fingerprint density at radius 2 is 2.05 bits per heavy atom. The van der Waals surface area contributed by atoms with E-state index in [9.17, 15) is 4.79 Å². The number of hydrazine groups is 1. The Morgan fingerprint density at radius 1 is 1.37 bits per heavy atom. The predicted octanol–water partition coefficient (Wildman–Crippen LogP) is 2.40. The first-order valence-electron chi connectivity index (χ1n) is 5.53. The Labute approximate surface area is 114 Å². The number of rotatable bonds is 4. The highest BCUT2D eigenvalue weighted by Gasteiger charge is 2.07. The molecule has 7 heteroatoms. The molecule has 0 saturated carbocycles. The smallest absolute Gasteiger partial charge is 0.423 e. The molecule has 0 fully saturated rings. The molecule has 0 unspecified atom stereocenters. The van der Waals surface area contributed by atoms with E-state index in [1.807, 2.05) is 30.5 Å². The molecule has 19 heavy (non-hydrogen) atoms. The third-order valence-corrected chi connectivity index (χ3v) is 3.31. The summed E-state index contributed by atoms with van der Waals surface area (Å²) >= 11 is 1.68. The van der Waals surface area contributed by atoms with Crippen molar-refractivity contribution in [2.24, 2.45) is 7.05 Å². The molecule has 1 aromatic heterocycles. The lowest BCUT2D eigenvalue weighted by Gasteiger charge is -2.03. The van der Waals surface area contributed by atoms with Crippen molar-refractivity contribution >= 4 is 23.7 Å². The minimum atomic E-state index is -1.15. The number of thioether (sulfide) groups is 1. The molecule has 3 N–H and O–H groups in total. The fraction of sp³-hybridized carbons (Fsp3) is 0.167. The molecule has 6 nitrogen and oxygen atoms in total. The number of hydrogen-bond donors (Lipinski definition) is 3. The lowest BCUT2D eigenvalue weighted by Crippen LogP contribution is -2.28. The van der Waals surface area contributed by atoms with E-state index < -0.39 is 6.09 Å². The fourth-order valence-corrected chi connectivity index (χ4v) is 2.01. The average molecular weight is 278 g/mol. The molecule has 0 aliphatic rings. The monoisotopic (exact) mass is 278 g/mol. The Kier molecular flexibility index (Phi) is 3.96. The molecule has 0 aliphatic carbocycles. The summed E-state index contributed by atoms with van der Waals surface area (Å²) in [4.78, 5) is 11.6. The van der Waals surface area contributed by atoms with Gasteiger partial charge in [0, 0.05) is 23.6 Å². The van der Waals surface area contributed by atoms with E-state index in [2.05, 4.69) is 16.0 Å². The molecule has 0 saturated heterocycles. The highest BCUT2D eigenvalue weighted by molar-refractivity contribution is 7.98. The van der Waals surface area contributed by atoms with Gasteiger partial charge in [0.05, 0.1) is 5.69 Å². The second-order valence-corrected chi connectivity index (χ2v) is 4.70. The third-order valence-electron chi connectivity index (χ3n) is 2.56. The van der Waals surface area contributed by atoms with Crippen LogP contribution in [0.3, 0.4) is 0 Å². The zero-order valence-electron chi connectivity index (χ0n) is 10.5. The molecule has 0 radical (unpaired) electrons. The number of carbonyl (C=O) groups is 1. The highest BCUT2D eigenvalue weighted by atomic mass is 32.2. The van der Waals surface area contributed by atoms with Gasteiger partial charge in [-0.25, -0.2) is 10.2 Å². The number of hydrogen-bond acceptors (Lipinski definition) is 4. The maximum absolute atomic E-state index is 10.4. The maximum atomic E-state index is 10.4. The normalized spacial score (nSPS) is 10.2. The van der Waals surface area contributed by atoms with Crippen molar-refractivity contribution in [1.29, 1.82) is 0 Å². The SMILES string of the molecule is CSc1ccc(-c2cc(NNC(=O)O)n(C)n2)cc1. The standard InChI is InChI=1S/C12H14N4O2S/c1-16-11(13-14-12(17)18)7-10(15-16)8-3-5-9(19-2)6-4-8/h3-7,13-14H,1-2H3,(H,17,18). The lowest BCUT2D eigenvalue weighted by atomic mass is 10.1. The van der Waals surface area contributed by atoms with E-state index in [0.29, 0.717) is 5.82 Å². The second-order valence-electron chi connectivity index (χ2n) is 3.82. The van der Waals surface area contributed by atoms with Crippen molar-refractivity contribution in [3.63, 3.8) is 0 Å².